The largest absolute Gasteiger partial charge is 0.508 e. The fraction of sp³-hybridized carbons (Fsp3) is 0.167. The van der Waals surface area contributed by atoms with Crippen LogP contribution in [-0.4, -0.2) is 21.2 Å². The maximum absolute atomic E-state index is 11.8. The number of aromatic hydroxyl groups is 1. The third kappa shape index (κ3) is 2.44. The Bertz CT molecular complexity index is 561. The molecule has 5 heteroatoms. The van der Waals surface area contributed by atoms with Gasteiger partial charge in [0.25, 0.3) is 5.91 Å². The van der Waals surface area contributed by atoms with Crippen LogP contribution in [0.3, 0.4) is 0 Å². The van der Waals surface area contributed by atoms with Crippen molar-refractivity contribution >= 4 is 11.6 Å². The molecule has 2 aromatic rings. The van der Waals surface area contributed by atoms with Crippen LogP contribution in [0.25, 0.3) is 0 Å². The lowest BCUT2D eigenvalue weighted by atomic mass is 10.2. The fourth-order valence-corrected chi connectivity index (χ4v) is 1.51. The normalized spacial score (nSPS) is 10.2. The number of aromatic nitrogens is 2. The van der Waals surface area contributed by atoms with Crippen LogP contribution in [-0.2, 0) is 0 Å². The van der Waals surface area contributed by atoms with Gasteiger partial charge in [-0.15, -0.1) is 0 Å². The zero-order valence-electron chi connectivity index (χ0n) is 9.61. The Balaban J connectivity index is 2.18. The Kier molecular flexibility index (Phi) is 2.82. The van der Waals surface area contributed by atoms with E-state index in [1.165, 1.54) is 6.07 Å². The Hall–Kier alpha value is -2.30. The van der Waals surface area contributed by atoms with Gasteiger partial charge in [0.2, 0.25) is 0 Å². The Morgan fingerprint density at radius 2 is 2.12 bits per heavy atom. The van der Waals surface area contributed by atoms with Gasteiger partial charge >= 0.3 is 0 Å². The predicted octanol–water partition coefficient (Wildman–Crippen LogP) is 1.98. The lowest BCUT2D eigenvalue weighted by Gasteiger charge is -2.06. The zero-order valence-corrected chi connectivity index (χ0v) is 9.61. The van der Waals surface area contributed by atoms with Gasteiger partial charge in [0, 0.05) is 11.4 Å². The van der Waals surface area contributed by atoms with Crippen molar-refractivity contribution in [3.63, 3.8) is 0 Å². The summed E-state index contributed by atoms with van der Waals surface area (Å²) >= 11 is 0. The minimum absolute atomic E-state index is 0.177. The molecule has 0 saturated carbocycles. The number of benzene rings is 1. The number of nitrogens with zero attached hydrogens (tertiary/aromatic N) is 1. The number of aryl methyl sites for hydroxylation is 2. The molecule has 0 atom stereocenters. The lowest BCUT2D eigenvalue weighted by molar-refractivity contribution is 0.102. The van der Waals surface area contributed by atoms with E-state index in [1.807, 2.05) is 13.8 Å². The summed E-state index contributed by atoms with van der Waals surface area (Å²) in [5.74, 6) is -0.0979. The number of aromatic amines is 1. The van der Waals surface area contributed by atoms with Crippen molar-refractivity contribution in [3.8, 4) is 5.75 Å². The Morgan fingerprint density at radius 1 is 1.35 bits per heavy atom. The molecule has 3 N–H and O–H groups in total. The topological polar surface area (TPSA) is 78.0 Å². The number of carbonyl (C=O) groups excluding carboxylic acids is 1. The molecule has 0 bridgehead atoms. The summed E-state index contributed by atoms with van der Waals surface area (Å²) in [5.41, 5.74) is 2.63. The van der Waals surface area contributed by atoms with Gasteiger partial charge in [-0.05, 0) is 43.7 Å². The molecule has 5 nitrogen and oxygen atoms in total. The van der Waals surface area contributed by atoms with E-state index in [9.17, 15) is 9.90 Å². The fourth-order valence-electron chi connectivity index (χ4n) is 1.51. The number of anilines is 1. The monoisotopic (exact) mass is 231 g/mol. The van der Waals surface area contributed by atoms with Gasteiger partial charge in [-0.3, -0.25) is 9.89 Å². The number of carbonyl (C=O) groups is 1. The molecule has 1 heterocycles. The Morgan fingerprint density at radius 3 is 2.71 bits per heavy atom. The molecule has 1 aromatic carbocycles. The van der Waals surface area contributed by atoms with Crippen molar-refractivity contribution in [3.05, 3.63) is 41.2 Å². The first-order chi connectivity index (χ1) is 8.06. The van der Waals surface area contributed by atoms with E-state index in [0.29, 0.717) is 11.4 Å². The zero-order chi connectivity index (χ0) is 12.4. The second-order valence-electron chi connectivity index (χ2n) is 3.89. The average molecular weight is 231 g/mol. The highest BCUT2D eigenvalue weighted by Crippen LogP contribution is 2.20. The average Bonchev–Trinajstić information content (AvgIpc) is 2.69. The molecular weight excluding hydrogens is 218 g/mol. The third-order valence-corrected chi connectivity index (χ3v) is 2.40. The van der Waals surface area contributed by atoms with Gasteiger partial charge in [0.1, 0.15) is 5.75 Å². The van der Waals surface area contributed by atoms with Crippen LogP contribution < -0.4 is 5.32 Å². The summed E-state index contributed by atoms with van der Waals surface area (Å²) in [4.78, 5) is 11.8. The highest BCUT2D eigenvalue weighted by molar-refractivity contribution is 6.03. The van der Waals surface area contributed by atoms with Gasteiger partial charge in [0.05, 0.1) is 0 Å². The summed E-state index contributed by atoms with van der Waals surface area (Å²) < 4.78 is 0. The molecule has 0 aliphatic heterocycles. The maximum Gasteiger partial charge on any atom is 0.276 e. The summed E-state index contributed by atoms with van der Waals surface area (Å²) in [6.45, 7) is 3.64. The number of hydrogen-bond donors (Lipinski definition) is 3. The standard InChI is InChI=1S/C12H13N3O2/c1-7-5-9(16)3-4-10(7)13-12(17)11-6-8(2)14-15-11/h3-6,16H,1-2H3,(H,13,17)(H,14,15). The summed E-state index contributed by atoms with van der Waals surface area (Å²) in [6.07, 6.45) is 0. The minimum Gasteiger partial charge on any atom is -0.508 e. The van der Waals surface area contributed by atoms with E-state index in [2.05, 4.69) is 15.5 Å². The molecule has 0 saturated heterocycles. The highest BCUT2D eigenvalue weighted by atomic mass is 16.3. The van der Waals surface area contributed by atoms with Crippen LogP contribution in [0.4, 0.5) is 5.69 Å². The highest BCUT2D eigenvalue weighted by Gasteiger charge is 2.10. The van der Waals surface area contributed by atoms with E-state index in [0.717, 1.165) is 11.3 Å². The Labute approximate surface area is 98.5 Å². The van der Waals surface area contributed by atoms with Gasteiger partial charge in [-0.1, -0.05) is 0 Å². The number of hydrogen-bond acceptors (Lipinski definition) is 3. The second-order valence-corrected chi connectivity index (χ2v) is 3.89. The van der Waals surface area contributed by atoms with Crippen molar-refractivity contribution in [1.29, 1.82) is 0 Å². The number of amides is 1. The van der Waals surface area contributed by atoms with Crippen molar-refractivity contribution in [2.45, 2.75) is 13.8 Å². The van der Waals surface area contributed by atoms with E-state index in [-0.39, 0.29) is 11.7 Å². The van der Waals surface area contributed by atoms with Crippen LogP contribution in [0.1, 0.15) is 21.7 Å². The third-order valence-electron chi connectivity index (χ3n) is 2.40. The first kappa shape index (κ1) is 11.2. The molecular formula is C12H13N3O2. The summed E-state index contributed by atoms with van der Waals surface area (Å²) in [6, 6.07) is 6.44. The van der Waals surface area contributed by atoms with E-state index >= 15 is 0 Å². The van der Waals surface area contributed by atoms with Gasteiger partial charge in [-0.25, -0.2) is 0 Å². The molecule has 0 fully saturated rings. The molecule has 17 heavy (non-hydrogen) atoms. The second kappa shape index (κ2) is 4.29. The van der Waals surface area contributed by atoms with Crippen molar-refractivity contribution in [1.82, 2.24) is 10.2 Å². The van der Waals surface area contributed by atoms with Crippen molar-refractivity contribution in [2.24, 2.45) is 0 Å². The number of H-pyrrole nitrogens is 1. The van der Waals surface area contributed by atoms with Crippen LogP contribution in [0, 0.1) is 13.8 Å². The number of nitrogens with one attached hydrogen (secondary N) is 2. The molecule has 1 aromatic heterocycles. The molecule has 0 spiro atoms. The molecule has 88 valence electrons. The molecule has 0 aliphatic rings. The van der Waals surface area contributed by atoms with Crippen LogP contribution in [0.2, 0.25) is 0 Å². The molecule has 0 aliphatic carbocycles. The molecule has 0 radical (unpaired) electrons. The van der Waals surface area contributed by atoms with E-state index in [1.54, 1.807) is 18.2 Å². The minimum atomic E-state index is -0.275. The van der Waals surface area contributed by atoms with Crippen molar-refractivity contribution in [2.75, 3.05) is 5.32 Å². The quantitative estimate of drug-likeness (QED) is 0.691. The SMILES string of the molecule is Cc1cc(C(=O)Nc2ccc(O)cc2C)n[nH]1. The molecule has 1 amide bonds. The van der Waals surface area contributed by atoms with E-state index < -0.39 is 0 Å². The van der Waals surface area contributed by atoms with Crippen LogP contribution in [0.5, 0.6) is 5.75 Å². The maximum atomic E-state index is 11.8. The van der Waals surface area contributed by atoms with Crippen LogP contribution in [0.15, 0.2) is 24.3 Å². The molecule has 0 unspecified atom stereocenters. The first-order valence-electron chi connectivity index (χ1n) is 5.19. The smallest absolute Gasteiger partial charge is 0.276 e. The van der Waals surface area contributed by atoms with Crippen LogP contribution >= 0.6 is 0 Å². The van der Waals surface area contributed by atoms with E-state index in [4.69, 9.17) is 0 Å². The predicted molar refractivity (Wildman–Crippen MR) is 64.1 cm³/mol. The number of phenolic OH excluding ortho intramolecular Hbond substituents is 1. The number of phenols is 1. The lowest BCUT2D eigenvalue weighted by Crippen LogP contribution is -2.13. The first-order valence-corrected chi connectivity index (χ1v) is 5.19. The summed E-state index contributed by atoms with van der Waals surface area (Å²) in [7, 11) is 0. The molecule has 2 rings (SSSR count). The summed E-state index contributed by atoms with van der Waals surface area (Å²) in [5, 5.41) is 18.6. The van der Waals surface area contributed by atoms with Gasteiger partial charge < -0.3 is 10.4 Å². The van der Waals surface area contributed by atoms with Crippen molar-refractivity contribution < 1.29 is 9.90 Å². The van der Waals surface area contributed by atoms with Gasteiger partial charge in [0.15, 0.2) is 5.69 Å². The van der Waals surface area contributed by atoms with Gasteiger partial charge in [-0.2, -0.15) is 5.10 Å². The number of rotatable bonds is 2.